The second-order valence-corrected chi connectivity index (χ2v) is 3.67. The Morgan fingerprint density at radius 2 is 2.17 bits per heavy atom. The molecule has 0 radical (unpaired) electrons. The molecule has 0 aromatic heterocycles. The van der Waals surface area contributed by atoms with Crippen molar-refractivity contribution in [2.24, 2.45) is 5.73 Å². The molecule has 0 unspecified atom stereocenters. The topological polar surface area (TPSA) is 26.0 Å². The standard InChI is InChI=1S/C11H15N/c1-8-2-3-9(7-12)6-11(8)10-4-5-10/h2-3,6,10H,4-5,7,12H2,1H3. The lowest BCUT2D eigenvalue weighted by molar-refractivity contribution is 1.03. The maximum atomic E-state index is 5.59. The fraction of sp³-hybridized carbons (Fsp3) is 0.455. The first-order chi connectivity index (χ1) is 5.81. The number of nitrogens with two attached hydrogens (primary N) is 1. The van der Waals surface area contributed by atoms with Gasteiger partial charge in [-0.05, 0) is 42.4 Å². The zero-order valence-corrected chi connectivity index (χ0v) is 7.51. The summed E-state index contributed by atoms with van der Waals surface area (Å²) in [5, 5.41) is 0. The molecule has 1 aliphatic carbocycles. The van der Waals surface area contributed by atoms with Crippen molar-refractivity contribution in [3.05, 3.63) is 34.9 Å². The van der Waals surface area contributed by atoms with Gasteiger partial charge in [0.25, 0.3) is 0 Å². The van der Waals surface area contributed by atoms with E-state index in [0.717, 1.165) is 5.92 Å². The summed E-state index contributed by atoms with van der Waals surface area (Å²) in [6.07, 6.45) is 2.74. The second kappa shape index (κ2) is 2.91. The minimum absolute atomic E-state index is 0.667. The van der Waals surface area contributed by atoms with Crippen molar-refractivity contribution in [2.45, 2.75) is 32.2 Å². The van der Waals surface area contributed by atoms with E-state index in [0.29, 0.717) is 6.54 Å². The van der Waals surface area contributed by atoms with E-state index in [-0.39, 0.29) is 0 Å². The average molecular weight is 161 g/mol. The monoisotopic (exact) mass is 161 g/mol. The molecule has 1 fully saturated rings. The smallest absolute Gasteiger partial charge is 0.0178 e. The minimum Gasteiger partial charge on any atom is -0.326 e. The van der Waals surface area contributed by atoms with Crippen molar-refractivity contribution in [2.75, 3.05) is 0 Å². The Labute approximate surface area is 73.6 Å². The van der Waals surface area contributed by atoms with Gasteiger partial charge in [-0.25, -0.2) is 0 Å². The van der Waals surface area contributed by atoms with Crippen LogP contribution >= 0.6 is 0 Å². The van der Waals surface area contributed by atoms with Gasteiger partial charge in [-0.1, -0.05) is 18.2 Å². The Morgan fingerprint density at radius 3 is 2.75 bits per heavy atom. The molecule has 0 atom stereocenters. The third-order valence-electron chi connectivity index (χ3n) is 2.60. The summed E-state index contributed by atoms with van der Waals surface area (Å²) in [4.78, 5) is 0. The maximum absolute atomic E-state index is 5.59. The van der Waals surface area contributed by atoms with E-state index >= 15 is 0 Å². The highest BCUT2D eigenvalue weighted by Crippen LogP contribution is 2.41. The van der Waals surface area contributed by atoms with E-state index < -0.39 is 0 Å². The normalized spacial score (nSPS) is 16.5. The van der Waals surface area contributed by atoms with Crippen LogP contribution in [0.5, 0.6) is 0 Å². The zero-order chi connectivity index (χ0) is 8.55. The quantitative estimate of drug-likeness (QED) is 0.707. The lowest BCUT2D eigenvalue weighted by atomic mass is 10.0. The fourth-order valence-electron chi connectivity index (χ4n) is 1.65. The van der Waals surface area contributed by atoms with Crippen LogP contribution < -0.4 is 5.73 Å². The molecule has 1 saturated carbocycles. The van der Waals surface area contributed by atoms with Gasteiger partial charge >= 0.3 is 0 Å². The number of aryl methyl sites for hydroxylation is 1. The molecule has 1 aromatic rings. The van der Waals surface area contributed by atoms with Gasteiger partial charge in [0.05, 0.1) is 0 Å². The molecule has 0 aliphatic heterocycles. The predicted molar refractivity (Wildman–Crippen MR) is 51.0 cm³/mol. The van der Waals surface area contributed by atoms with E-state index in [1.807, 2.05) is 0 Å². The highest BCUT2D eigenvalue weighted by Gasteiger charge is 2.24. The van der Waals surface area contributed by atoms with Crippen LogP contribution in [0.15, 0.2) is 18.2 Å². The lowest BCUT2D eigenvalue weighted by Crippen LogP contribution is -1.97. The molecule has 0 heterocycles. The Morgan fingerprint density at radius 1 is 1.42 bits per heavy atom. The van der Waals surface area contributed by atoms with Crippen molar-refractivity contribution in [1.29, 1.82) is 0 Å². The van der Waals surface area contributed by atoms with Gasteiger partial charge in [0.2, 0.25) is 0 Å². The summed E-state index contributed by atoms with van der Waals surface area (Å²) >= 11 is 0. The van der Waals surface area contributed by atoms with Crippen LogP contribution in [0.2, 0.25) is 0 Å². The molecule has 12 heavy (non-hydrogen) atoms. The Hall–Kier alpha value is -0.820. The lowest BCUT2D eigenvalue weighted by Gasteiger charge is -2.05. The molecule has 2 N–H and O–H groups in total. The van der Waals surface area contributed by atoms with E-state index in [1.54, 1.807) is 0 Å². The molecule has 0 spiro atoms. The van der Waals surface area contributed by atoms with Crippen LogP contribution in [-0.4, -0.2) is 0 Å². The summed E-state index contributed by atoms with van der Waals surface area (Å²) in [5.74, 6) is 0.844. The third kappa shape index (κ3) is 1.37. The van der Waals surface area contributed by atoms with Crippen LogP contribution in [0, 0.1) is 6.92 Å². The van der Waals surface area contributed by atoms with Crippen LogP contribution in [0.1, 0.15) is 35.4 Å². The molecule has 1 aromatic carbocycles. The van der Waals surface area contributed by atoms with Crippen LogP contribution in [0.3, 0.4) is 0 Å². The van der Waals surface area contributed by atoms with Crippen molar-refractivity contribution in [3.63, 3.8) is 0 Å². The van der Waals surface area contributed by atoms with Crippen molar-refractivity contribution in [1.82, 2.24) is 0 Å². The molecule has 0 amide bonds. The summed E-state index contributed by atoms with van der Waals surface area (Å²) < 4.78 is 0. The Balaban J connectivity index is 2.36. The van der Waals surface area contributed by atoms with Gasteiger partial charge in [-0.15, -0.1) is 0 Å². The zero-order valence-electron chi connectivity index (χ0n) is 7.51. The third-order valence-corrected chi connectivity index (χ3v) is 2.60. The van der Waals surface area contributed by atoms with E-state index in [9.17, 15) is 0 Å². The van der Waals surface area contributed by atoms with Gasteiger partial charge in [0.15, 0.2) is 0 Å². The first kappa shape index (κ1) is 7.81. The number of benzene rings is 1. The SMILES string of the molecule is Cc1ccc(CN)cc1C1CC1. The summed E-state index contributed by atoms with van der Waals surface area (Å²) in [5.41, 5.74) is 9.81. The minimum atomic E-state index is 0.667. The van der Waals surface area contributed by atoms with Crippen molar-refractivity contribution >= 4 is 0 Å². The molecule has 1 heteroatoms. The average Bonchev–Trinajstić information content (AvgIpc) is 2.88. The van der Waals surface area contributed by atoms with Crippen LogP contribution in [0.25, 0.3) is 0 Å². The second-order valence-electron chi connectivity index (χ2n) is 3.67. The van der Waals surface area contributed by atoms with E-state index in [1.165, 1.54) is 29.5 Å². The Bertz CT molecular complexity index is 287. The molecule has 0 bridgehead atoms. The number of rotatable bonds is 2. The molecular weight excluding hydrogens is 146 g/mol. The van der Waals surface area contributed by atoms with Crippen molar-refractivity contribution < 1.29 is 0 Å². The van der Waals surface area contributed by atoms with Gasteiger partial charge < -0.3 is 5.73 Å². The van der Waals surface area contributed by atoms with E-state index in [2.05, 4.69) is 25.1 Å². The molecule has 1 aliphatic rings. The Kier molecular flexibility index (Phi) is 1.89. The molecule has 0 saturated heterocycles. The van der Waals surface area contributed by atoms with Gasteiger partial charge in [0.1, 0.15) is 0 Å². The fourth-order valence-corrected chi connectivity index (χ4v) is 1.65. The van der Waals surface area contributed by atoms with E-state index in [4.69, 9.17) is 5.73 Å². The predicted octanol–water partition coefficient (Wildman–Crippen LogP) is 2.33. The van der Waals surface area contributed by atoms with Gasteiger partial charge in [-0.2, -0.15) is 0 Å². The highest BCUT2D eigenvalue weighted by atomic mass is 14.5. The molecule has 2 rings (SSSR count). The first-order valence-corrected chi connectivity index (χ1v) is 4.61. The molecule has 1 nitrogen and oxygen atoms in total. The van der Waals surface area contributed by atoms with Crippen LogP contribution in [0.4, 0.5) is 0 Å². The largest absolute Gasteiger partial charge is 0.326 e. The summed E-state index contributed by atoms with van der Waals surface area (Å²) in [6, 6.07) is 6.59. The highest BCUT2D eigenvalue weighted by molar-refractivity contribution is 5.36. The van der Waals surface area contributed by atoms with Crippen LogP contribution in [-0.2, 0) is 6.54 Å². The van der Waals surface area contributed by atoms with Gasteiger partial charge in [0, 0.05) is 6.54 Å². The molecular formula is C11H15N. The summed E-state index contributed by atoms with van der Waals surface area (Å²) in [7, 11) is 0. The molecule has 64 valence electrons. The number of hydrogen-bond acceptors (Lipinski definition) is 1. The summed E-state index contributed by atoms with van der Waals surface area (Å²) in [6.45, 7) is 2.86. The first-order valence-electron chi connectivity index (χ1n) is 4.61. The number of hydrogen-bond donors (Lipinski definition) is 1. The maximum Gasteiger partial charge on any atom is 0.0178 e. The van der Waals surface area contributed by atoms with Gasteiger partial charge in [-0.3, -0.25) is 0 Å². The van der Waals surface area contributed by atoms with Crippen molar-refractivity contribution in [3.8, 4) is 0 Å².